The summed E-state index contributed by atoms with van der Waals surface area (Å²) in [5.41, 5.74) is 1.53. The lowest BCUT2D eigenvalue weighted by Gasteiger charge is -2.11. The van der Waals surface area contributed by atoms with Crippen LogP contribution in [-0.2, 0) is 9.53 Å². The minimum atomic E-state index is -0.500. The summed E-state index contributed by atoms with van der Waals surface area (Å²) in [6, 6.07) is 13.1. The second-order valence-electron chi connectivity index (χ2n) is 4.98. The Hall–Kier alpha value is -3.15. The van der Waals surface area contributed by atoms with Crippen molar-refractivity contribution in [2.24, 2.45) is 0 Å². The normalized spacial score (nSPS) is 9.92. The summed E-state index contributed by atoms with van der Waals surface area (Å²) >= 11 is 0. The molecule has 2 amide bonds. The van der Waals surface area contributed by atoms with Crippen molar-refractivity contribution in [3.63, 3.8) is 0 Å². The third-order valence-electron chi connectivity index (χ3n) is 3.12. The number of para-hydroxylation sites is 1. The number of hydrogen-bond donors (Lipinski definition) is 2. The van der Waals surface area contributed by atoms with Crippen LogP contribution < -0.4 is 10.6 Å². The monoisotopic (exact) mass is 326 g/mol. The minimum Gasteiger partial charge on any atom is -0.462 e. The van der Waals surface area contributed by atoms with Gasteiger partial charge in [0, 0.05) is 18.2 Å². The Morgan fingerprint density at radius 3 is 2.46 bits per heavy atom. The Bertz CT molecular complexity index is 771. The first-order valence-corrected chi connectivity index (χ1v) is 7.46. The molecule has 0 aliphatic rings. The molecule has 0 radical (unpaired) electrons. The summed E-state index contributed by atoms with van der Waals surface area (Å²) in [7, 11) is 0. The molecule has 0 saturated heterocycles. The molecule has 2 N–H and O–H groups in total. The highest BCUT2D eigenvalue weighted by molar-refractivity contribution is 6.08. The number of rotatable bonds is 5. The number of esters is 1. The maximum Gasteiger partial charge on any atom is 0.340 e. The van der Waals surface area contributed by atoms with Crippen LogP contribution in [0.5, 0.6) is 0 Å². The molecule has 0 unspecified atom stereocenters. The van der Waals surface area contributed by atoms with Crippen molar-refractivity contribution in [1.29, 1.82) is 0 Å². The van der Waals surface area contributed by atoms with E-state index in [0.29, 0.717) is 16.9 Å². The van der Waals surface area contributed by atoms with E-state index in [-0.39, 0.29) is 24.0 Å². The predicted molar refractivity (Wildman–Crippen MR) is 91.1 cm³/mol. The zero-order chi connectivity index (χ0) is 17.5. The first-order chi connectivity index (χ1) is 11.5. The van der Waals surface area contributed by atoms with Crippen molar-refractivity contribution in [3.05, 3.63) is 59.7 Å². The number of anilines is 2. The van der Waals surface area contributed by atoms with Gasteiger partial charge in [0.15, 0.2) is 0 Å². The molecular weight excluding hydrogens is 308 g/mol. The SMILES string of the molecule is CCOC(=O)c1ccccc1NC(=O)c1cccc(NC(C)=O)c1. The van der Waals surface area contributed by atoms with Gasteiger partial charge < -0.3 is 15.4 Å². The number of carbonyl (C=O) groups excluding carboxylic acids is 3. The number of carbonyl (C=O) groups is 3. The molecule has 24 heavy (non-hydrogen) atoms. The van der Waals surface area contributed by atoms with E-state index in [0.717, 1.165) is 0 Å². The van der Waals surface area contributed by atoms with Crippen LogP contribution in [0.1, 0.15) is 34.6 Å². The highest BCUT2D eigenvalue weighted by Gasteiger charge is 2.15. The highest BCUT2D eigenvalue weighted by atomic mass is 16.5. The van der Waals surface area contributed by atoms with Crippen LogP contribution in [0.2, 0.25) is 0 Å². The summed E-state index contributed by atoms with van der Waals surface area (Å²) in [5.74, 6) is -1.11. The Morgan fingerprint density at radius 1 is 1.00 bits per heavy atom. The molecule has 0 saturated carbocycles. The number of amides is 2. The van der Waals surface area contributed by atoms with Gasteiger partial charge in [-0.05, 0) is 37.3 Å². The lowest BCUT2D eigenvalue weighted by Crippen LogP contribution is -2.16. The highest BCUT2D eigenvalue weighted by Crippen LogP contribution is 2.18. The van der Waals surface area contributed by atoms with Gasteiger partial charge in [-0.2, -0.15) is 0 Å². The maximum atomic E-state index is 12.4. The fourth-order valence-electron chi connectivity index (χ4n) is 2.11. The zero-order valence-corrected chi connectivity index (χ0v) is 13.5. The first kappa shape index (κ1) is 17.2. The van der Waals surface area contributed by atoms with Crippen molar-refractivity contribution < 1.29 is 19.1 Å². The van der Waals surface area contributed by atoms with Gasteiger partial charge in [-0.25, -0.2) is 4.79 Å². The van der Waals surface area contributed by atoms with Crippen LogP contribution >= 0.6 is 0 Å². The van der Waals surface area contributed by atoms with Gasteiger partial charge in [0.1, 0.15) is 0 Å². The topological polar surface area (TPSA) is 84.5 Å². The lowest BCUT2D eigenvalue weighted by molar-refractivity contribution is -0.114. The van der Waals surface area contributed by atoms with Gasteiger partial charge >= 0.3 is 5.97 Å². The average molecular weight is 326 g/mol. The molecule has 2 aromatic carbocycles. The summed E-state index contributed by atoms with van der Waals surface area (Å²) in [6.07, 6.45) is 0. The fourth-order valence-corrected chi connectivity index (χ4v) is 2.11. The van der Waals surface area contributed by atoms with Crippen LogP contribution in [0, 0.1) is 0 Å². The Morgan fingerprint density at radius 2 is 1.75 bits per heavy atom. The van der Waals surface area contributed by atoms with Crippen LogP contribution in [0.3, 0.4) is 0 Å². The van der Waals surface area contributed by atoms with E-state index in [1.807, 2.05) is 0 Å². The molecule has 0 aliphatic carbocycles. The molecule has 6 nitrogen and oxygen atoms in total. The number of nitrogens with one attached hydrogen (secondary N) is 2. The van der Waals surface area contributed by atoms with E-state index in [2.05, 4.69) is 10.6 Å². The predicted octanol–water partition coefficient (Wildman–Crippen LogP) is 3.07. The Balaban J connectivity index is 2.21. The van der Waals surface area contributed by atoms with E-state index >= 15 is 0 Å². The fraction of sp³-hybridized carbons (Fsp3) is 0.167. The van der Waals surface area contributed by atoms with E-state index in [4.69, 9.17) is 4.74 Å². The third-order valence-corrected chi connectivity index (χ3v) is 3.12. The second-order valence-corrected chi connectivity index (χ2v) is 4.98. The zero-order valence-electron chi connectivity index (χ0n) is 13.5. The lowest BCUT2D eigenvalue weighted by atomic mass is 10.1. The molecule has 2 rings (SSSR count). The van der Waals surface area contributed by atoms with Crippen LogP contribution in [0.25, 0.3) is 0 Å². The minimum absolute atomic E-state index is 0.222. The summed E-state index contributed by atoms with van der Waals surface area (Å²) < 4.78 is 4.98. The summed E-state index contributed by atoms with van der Waals surface area (Å²) in [4.78, 5) is 35.5. The molecule has 0 fully saturated rings. The van der Waals surface area contributed by atoms with Crippen molar-refractivity contribution in [1.82, 2.24) is 0 Å². The number of benzene rings is 2. The molecule has 124 valence electrons. The van der Waals surface area contributed by atoms with E-state index in [9.17, 15) is 14.4 Å². The van der Waals surface area contributed by atoms with Crippen molar-refractivity contribution in [2.75, 3.05) is 17.2 Å². The average Bonchev–Trinajstić information content (AvgIpc) is 2.55. The maximum absolute atomic E-state index is 12.4. The molecule has 0 heterocycles. The van der Waals surface area contributed by atoms with Crippen LogP contribution in [-0.4, -0.2) is 24.4 Å². The van der Waals surface area contributed by atoms with Crippen molar-refractivity contribution in [3.8, 4) is 0 Å². The van der Waals surface area contributed by atoms with Crippen LogP contribution in [0.4, 0.5) is 11.4 Å². The molecule has 0 atom stereocenters. The number of ether oxygens (including phenoxy) is 1. The number of hydrogen-bond acceptors (Lipinski definition) is 4. The van der Waals surface area contributed by atoms with Gasteiger partial charge in [-0.3, -0.25) is 9.59 Å². The Labute approximate surface area is 139 Å². The third kappa shape index (κ3) is 4.42. The second kappa shape index (κ2) is 7.92. The van der Waals surface area contributed by atoms with Crippen molar-refractivity contribution in [2.45, 2.75) is 13.8 Å². The largest absolute Gasteiger partial charge is 0.462 e. The molecular formula is C18H18N2O4. The quantitative estimate of drug-likeness (QED) is 0.827. The van der Waals surface area contributed by atoms with Gasteiger partial charge in [0.2, 0.25) is 5.91 Å². The van der Waals surface area contributed by atoms with Gasteiger partial charge in [0.25, 0.3) is 5.91 Å². The summed E-state index contributed by atoms with van der Waals surface area (Å²) in [6.45, 7) is 3.36. The van der Waals surface area contributed by atoms with Gasteiger partial charge in [0.05, 0.1) is 17.9 Å². The van der Waals surface area contributed by atoms with E-state index < -0.39 is 5.97 Å². The molecule has 0 aliphatic heterocycles. The Kier molecular flexibility index (Phi) is 5.68. The molecule has 6 heteroatoms. The summed E-state index contributed by atoms with van der Waals surface area (Å²) in [5, 5.41) is 5.31. The van der Waals surface area contributed by atoms with E-state index in [1.54, 1.807) is 55.5 Å². The van der Waals surface area contributed by atoms with E-state index in [1.165, 1.54) is 6.92 Å². The van der Waals surface area contributed by atoms with Crippen LogP contribution in [0.15, 0.2) is 48.5 Å². The standard InChI is InChI=1S/C18H18N2O4/c1-3-24-18(23)15-9-4-5-10-16(15)20-17(22)13-7-6-8-14(11-13)19-12(2)21/h4-11H,3H2,1-2H3,(H,19,21)(H,20,22). The molecule has 0 bridgehead atoms. The van der Waals surface area contributed by atoms with Crippen molar-refractivity contribution >= 4 is 29.2 Å². The molecule has 0 aromatic heterocycles. The first-order valence-electron chi connectivity index (χ1n) is 7.46. The smallest absolute Gasteiger partial charge is 0.340 e. The van der Waals surface area contributed by atoms with Gasteiger partial charge in [-0.15, -0.1) is 0 Å². The molecule has 2 aromatic rings. The van der Waals surface area contributed by atoms with Gasteiger partial charge in [-0.1, -0.05) is 18.2 Å². The molecule has 0 spiro atoms.